The molecular formula is C12H16O3. The summed E-state index contributed by atoms with van der Waals surface area (Å²) in [6.45, 7) is 1.44. The number of fused-ring (bicyclic) bond motifs is 1. The topological polar surface area (TPSA) is 35.5 Å². The van der Waals surface area contributed by atoms with Gasteiger partial charge in [-0.05, 0) is 24.3 Å². The van der Waals surface area contributed by atoms with Crippen molar-refractivity contribution in [3.63, 3.8) is 0 Å². The molecule has 0 bridgehead atoms. The van der Waals surface area contributed by atoms with Crippen molar-refractivity contribution in [3.8, 4) is 0 Å². The first-order valence-corrected chi connectivity index (χ1v) is 5.76. The second-order valence-corrected chi connectivity index (χ2v) is 4.80. The molecule has 0 amide bonds. The molecule has 2 fully saturated rings. The normalized spacial score (nSPS) is 38.3. The van der Waals surface area contributed by atoms with Crippen LogP contribution in [0.15, 0.2) is 12.2 Å². The van der Waals surface area contributed by atoms with Crippen LogP contribution in [0.4, 0.5) is 0 Å². The summed E-state index contributed by atoms with van der Waals surface area (Å²) < 4.78 is 11.4. The number of allylic oxidation sites excluding steroid dienone is 2. The second kappa shape index (κ2) is 3.42. The van der Waals surface area contributed by atoms with Crippen LogP contribution in [0.5, 0.6) is 0 Å². The van der Waals surface area contributed by atoms with Gasteiger partial charge in [0.1, 0.15) is 0 Å². The van der Waals surface area contributed by atoms with Crippen LogP contribution in [0.2, 0.25) is 0 Å². The van der Waals surface area contributed by atoms with E-state index in [2.05, 4.69) is 6.08 Å². The van der Waals surface area contributed by atoms with E-state index in [-0.39, 0.29) is 11.6 Å². The van der Waals surface area contributed by atoms with E-state index in [1.165, 1.54) is 0 Å². The van der Waals surface area contributed by atoms with E-state index >= 15 is 0 Å². The van der Waals surface area contributed by atoms with E-state index in [9.17, 15) is 4.79 Å². The highest BCUT2D eigenvalue weighted by atomic mass is 16.7. The first-order valence-electron chi connectivity index (χ1n) is 5.76. The lowest BCUT2D eigenvalue weighted by molar-refractivity contribution is -0.191. The van der Waals surface area contributed by atoms with E-state index in [1.54, 1.807) is 6.08 Å². The lowest BCUT2D eigenvalue weighted by Gasteiger charge is -2.40. The quantitative estimate of drug-likeness (QED) is 0.607. The van der Waals surface area contributed by atoms with Crippen molar-refractivity contribution in [1.29, 1.82) is 0 Å². The molecule has 0 unspecified atom stereocenters. The van der Waals surface area contributed by atoms with Gasteiger partial charge in [-0.15, -0.1) is 0 Å². The summed E-state index contributed by atoms with van der Waals surface area (Å²) in [7, 11) is 0. The molecule has 3 nitrogen and oxygen atoms in total. The van der Waals surface area contributed by atoms with Gasteiger partial charge in [-0.3, -0.25) is 4.79 Å². The molecule has 1 aliphatic heterocycles. The standard InChI is InChI=1S/C12H16O3/c13-11-2-1-10-8-12(14-5-6-15-12)4-3-9(10)7-11/h1-2,9-10H,3-8H2/t9-,10+/m1/s1. The maximum atomic E-state index is 11.3. The minimum Gasteiger partial charge on any atom is -0.348 e. The molecule has 3 aliphatic rings. The Balaban J connectivity index is 1.77. The van der Waals surface area contributed by atoms with Crippen LogP contribution < -0.4 is 0 Å². The van der Waals surface area contributed by atoms with Gasteiger partial charge >= 0.3 is 0 Å². The molecule has 0 aromatic rings. The first kappa shape index (κ1) is 9.55. The largest absolute Gasteiger partial charge is 0.348 e. The van der Waals surface area contributed by atoms with Crippen LogP contribution in [0.1, 0.15) is 25.7 Å². The number of hydrogen-bond donors (Lipinski definition) is 0. The zero-order chi connectivity index (χ0) is 10.3. The maximum Gasteiger partial charge on any atom is 0.169 e. The second-order valence-electron chi connectivity index (χ2n) is 4.80. The number of ketones is 1. The van der Waals surface area contributed by atoms with Gasteiger partial charge < -0.3 is 9.47 Å². The van der Waals surface area contributed by atoms with Gasteiger partial charge in [0.25, 0.3) is 0 Å². The molecule has 1 saturated carbocycles. The highest BCUT2D eigenvalue weighted by Crippen LogP contribution is 2.44. The monoisotopic (exact) mass is 208 g/mol. The molecule has 3 heteroatoms. The van der Waals surface area contributed by atoms with Crippen molar-refractivity contribution in [3.05, 3.63) is 12.2 Å². The van der Waals surface area contributed by atoms with Crippen LogP contribution in [0.25, 0.3) is 0 Å². The Hall–Kier alpha value is -0.670. The fourth-order valence-corrected chi connectivity index (χ4v) is 3.04. The highest BCUT2D eigenvalue weighted by molar-refractivity contribution is 5.90. The van der Waals surface area contributed by atoms with Crippen LogP contribution in [-0.4, -0.2) is 24.8 Å². The molecule has 0 aromatic heterocycles. The van der Waals surface area contributed by atoms with Crippen molar-refractivity contribution in [2.45, 2.75) is 31.5 Å². The number of ether oxygens (including phenoxy) is 2. The van der Waals surface area contributed by atoms with E-state index in [0.717, 1.165) is 38.9 Å². The summed E-state index contributed by atoms with van der Waals surface area (Å²) in [6.07, 6.45) is 7.45. The molecule has 2 aliphatic carbocycles. The Labute approximate surface area is 89.4 Å². The van der Waals surface area contributed by atoms with Crippen LogP contribution >= 0.6 is 0 Å². The van der Waals surface area contributed by atoms with E-state index in [4.69, 9.17) is 9.47 Å². The number of rotatable bonds is 0. The number of hydrogen-bond acceptors (Lipinski definition) is 3. The number of carbonyl (C=O) groups is 1. The van der Waals surface area contributed by atoms with Crippen LogP contribution in [-0.2, 0) is 14.3 Å². The Morgan fingerprint density at radius 1 is 1.33 bits per heavy atom. The zero-order valence-corrected chi connectivity index (χ0v) is 8.78. The molecule has 0 radical (unpaired) electrons. The molecule has 1 spiro atoms. The van der Waals surface area contributed by atoms with E-state index in [0.29, 0.717) is 11.8 Å². The zero-order valence-electron chi connectivity index (χ0n) is 8.78. The maximum absolute atomic E-state index is 11.3. The lowest BCUT2D eigenvalue weighted by atomic mass is 9.71. The molecule has 1 saturated heterocycles. The Bertz CT molecular complexity index is 302. The lowest BCUT2D eigenvalue weighted by Crippen LogP contribution is -2.41. The van der Waals surface area contributed by atoms with Crippen LogP contribution in [0, 0.1) is 11.8 Å². The summed E-state index contributed by atoms with van der Waals surface area (Å²) in [5.74, 6) is 0.974. The van der Waals surface area contributed by atoms with Crippen molar-refractivity contribution in [1.82, 2.24) is 0 Å². The van der Waals surface area contributed by atoms with E-state index < -0.39 is 0 Å². The van der Waals surface area contributed by atoms with Gasteiger partial charge in [-0.2, -0.15) is 0 Å². The Morgan fingerprint density at radius 3 is 2.93 bits per heavy atom. The summed E-state index contributed by atoms with van der Waals surface area (Å²) in [6, 6.07) is 0. The average molecular weight is 208 g/mol. The summed E-state index contributed by atoms with van der Waals surface area (Å²) in [5, 5.41) is 0. The number of carbonyl (C=O) groups excluding carboxylic acids is 1. The molecule has 3 rings (SSSR count). The van der Waals surface area contributed by atoms with Gasteiger partial charge in [0.05, 0.1) is 13.2 Å². The third-order valence-corrected chi connectivity index (χ3v) is 3.85. The first-order chi connectivity index (χ1) is 7.27. The fourth-order valence-electron chi connectivity index (χ4n) is 3.04. The van der Waals surface area contributed by atoms with Gasteiger partial charge in [0.2, 0.25) is 0 Å². The van der Waals surface area contributed by atoms with Gasteiger partial charge in [0.15, 0.2) is 11.6 Å². The Kier molecular flexibility index (Phi) is 2.18. The Morgan fingerprint density at radius 2 is 2.13 bits per heavy atom. The van der Waals surface area contributed by atoms with E-state index in [1.807, 2.05) is 0 Å². The van der Waals surface area contributed by atoms with Crippen molar-refractivity contribution < 1.29 is 14.3 Å². The molecule has 0 aromatic carbocycles. The predicted molar refractivity (Wildman–Crippen MR) is 54.2 cm³/mol. The molecular weight excluding hydrogens is 192 g/mol. The molecule has 1 heterocycles. The fraction of sp³-hybridized carbons (Fsp3) is 0.750. The van der Waals surface area contributed by atoms with Crippen molar-refractivity contribution >= 4 is 5.78 Å². The third-order valence-electron chi connectivity index (χ3n) is 3.85. The minimum absolute atomic E-state index is 0.278. The van der Waals surface area contributed by atoms with Crippen molar-refractivity contribution in [2.24, 2.45) is 11.8 Å². The molecule has 15 heavy (non-hydrogen) atoms. The SMILES string of the molecule is O=C1C=C[C@H]2CC3(CC[C@@H]2C1)OCCO3. The summed E-state index contributed by atoms with van der Waals surface area (Å²) in [4.78, 5) is 11.3. The molecule has 82 valence electrons. The summed E-state index contributed by atoms with van der Waals surface area (Å²) >= 11 is 0. The predicted octanol–water partition coefficient (Wildman–Crippen LogP) is 1.67. The van der Waals surface area contributed by atoms with Crippen molar-refractivity contribution in [2.75, 3.05) is 13.2 Å². The third kappa shape index (κ3) is 1.64. The average Bonchev–Trinajstić information content (AvgIpc) is 2.67. The van der Waals surface area contributed by atoms with Gasteiger partial charge in [-0.25, -0.2) is 0 Å². The minimum atomic E-state index is -0.314. The van der Waals surface area contributed by atoms with Gasteiger partial charge in [0, 0.05) is 19.3 Å². The summed E-state index contributed by atoms with van der Waals surface area (Å²) in [5.41, 5.74) is 0. The smallest absolute Gasteiger partial charge is 0.169 e. The van der Waals surface area contributed by atoms with Crippen LogP contribution in [0.3, 0.4) is 0 Å². The molecule has 2 atom stereocenters. The highest BCUT2D eigenvalue weighted by Gasteiger charge is 2.45. The molecule has 0 N–H and O–H groups in total. The van der Waals surface area contributed by atoms with Gasteiger partial charge in [-0.1, -0.05) is 6.08 Å².